The second-order valence-electron chi connectivity index (χ2n) is 2.53. The Kier molecular flexibility index (Phi) is 5.72. The van der Waals surface area contributed by atoms with Gasteiger partial charge in [0.25, 0.3) is 0 Å². The molecule has 0 unspecified atom stereocenters. The molecule has 0 aliphatic carbocycles. The van der Waals surface area contributed by atoms with Crippen LogP contribution in [-0.2, 0) is 6.42 Å². The number of phenols is 2. The van der Waals surface area contributed by atoms with Crippen molar-refractivity contribution in [3.05, 3.63) is 23.8 Å². The van der Waals surface area contributed by atoms with Gasteiger partial charge in [-0.15, -0.1) is 0 Å². The van der Waals surface area contributed by atoms with E-state index in [1.807, 2.05) is 13.0 Å². The number of rotatable bonds is 2. The normalized spacial score (nSPS) is 8.85. The Labute approximate surface area is 78.3 Å². The number of benzene rings is 1. The van der Waals surface area contributed by atoms with E-state index in [9.17, 15) is 5.11 Å². The van der Waals surface area contributed by atoms with Crippen LogP contribution in [0.4, 0.5) is 0 Å². The second kappa shape index (κ2) is 6.31. The molecule has 0 aliphatic rings. The lowest BCUT2D eigenvalue weighted by Crippen LogP contribution is -1.83. The van der Waals surface area contributed by atoms with Crippen molar-refractivity contribution in [1.82, 2.24) is 0 Å². The van der Waals surface area contributed by atoms with Crippen molar-refractivity contribution in [2.24, 2.45) is 0 Å². The fourth-order valence-corrected chi connectivity index (χ4v) is 1.05. The molecule has 3 N–H and O–H groups in total. The van der Waals surface area contributed by atoms with E-state index in [1.54, 1.807) is 6.07 Å². The highest BCUT2D eigenvalue weighted by atomic mass is 16.3. The average molecular weight is 184 g/mol. The highest BCUT2D eigenvalue weighted by molar-refractivity contribution is 5.44. The first-order valence-electron chi connectivity index (χ1n) is 4.20. The summed E-state index contributed by atoms with van der Waals surface area (Å²) in [5.74, 6) is -0.00898. The van der Waals surface area contributed by atoms with E-state index < -0.39 is 0 Å². The van der Waals surface area contributed by atoms with Crippen LogP contribution in [-0.4, -0.2) is 22.4 Å². The summed E-state index contributed by atoms with van der Waals surface area (Å²) < 4.78 is 0. The minimum absolute atomic E-state index is 0.0225. The molecule has 0 aliphatic heterocycles. The van der Waals surface area contributed by atoms with Crippen LogP contribution in [0.5, 0.6) is 11.5 Å². The number of aliphatic hydroxyl groups is 1. The molecule has 1 aromatic rings. The monoisotopic (exact) mass is 184 g/mol. The van der Waals surface area contributed by atoms with Crippen LogP contribution in [0.15, 0.2) is 18.2 Å². The van der Waals surface area contributed by atoms with Crippen LogP contribution in [0, 0.1) is 0 Å². The lowest BCUT2D eigenvalue weighted by Gasteiger charge is -2.03. The number of phenolic OH excluding ortho intramolecular Hbond substituents is 2. The van der Waals surface area contributed by atoms with Crippen molar-refractivity contribution in [3.63, 3.8) is 0 Å². The molecule has 0 amide bonds. The third-order valence-corrected chi connectivity index (χ3v) is 1.62. The zero-order chi connectivity index (χ0) is 10.3. The van der Waals surface area contributed by atoms with E-state index in [0.717, 1.165) is 25.5 Å². The smallest absolute Gasteiger partial charge is 0.160 e. The van der Waals surface area contributed by atoms with Crippen LogP contribution >= 0.6 is 0 Å². The maximum absolute atomic E-state index is 9.28. The molecule has 0 fully saturated rings. The maximum Gasteiger partial charge on any atom is 0.160 e. The molecule has 3 nitrogen and oxygen atoms in total. The molecule has 0 saturated heterocycles. The van der Waals surface area contributed by atoms with Gasteiger partial charge in [0, 0.05) is 7.11 Å². The molecule has 1 aromatic carbocycles. The molecule has 0 radical (unpaired) electrons. The summed E-state index contributed by atoms with van der Waals surface area (Å²) in [7, 11) is 1.00. The molecular formula is C10H16O3. The van der Waals surface area contributed by atoms with Crippen molar-refractivity contribution in [1.29, 1.82) is 0 Å². The Morgan fingerprint density at radius 1 is 1.15 bits per heavy atom. The highest BCUT2D eigenvalue weighted by Crippen LogP contribution is 2.28. The van der Waals surface area contributed by atoms with Gasteiger partial charge in [-0.1, -0.05) is 25.5 Å². The summed E-state index contributed by atoms with van der Waals surface area (Å²) in [5.41, 5.74) is 0.813. The quantitative estimate of drug-likeness (QED) is 0.612. The Bertz CT molecular complexity index is 246. The van der Waals surface area contributed by atoms with Gasteiger partial charge in [-0.2, -0.15) is 0 Å². The number of hydrogen-bond acceptors (Lipinski definition) is 3. The Morgan fingerprint density at radius 3 is 2.31 bits per heavy atom. The van der Waals surface area contributed by atoms with E-state index in [0.29, 0.717) is 0 Å². The molecule has 74 valence electrons. The van der Waals surface area contributed by atoms with Gasteiger partial charge in [-0.05, 0) is 18.1 Å². The van der Waals surface area contributed by atoms with E-state index in [-0.39, 0.29) is 11.5 Å². The minimum Gasteiger partial charge on any atom is -0.504 e. The Hall–Kier alpha value is -1.22. The summed E-state index contributed by atoms with van der Waals surface area (Å²) in [5, 5.41) is 25.4. The number of aryl methyl sites for hydroxylation is 1. The standard InChI is InChI=1S/C9H12O2.CH4O/c1-2-4-7-5-3-6-8(10)9(7)11;1-2/h3,5-6,10-11H,2,4H2,1H3;2H,1H3. The molecule has 3 heteroatoms. The van der Waals surface area contributed by atoms with Crippen molar-refractivity contribution in [2.75, 3.05) is 7.11 Å². The molecule has 0 saturated carbocycles. The van der Waals surface area contributed by atoms with Crippen LogP contribution in [0.1, 0.15) is 18.9 Å². The first-order valence-corrected chi connectivity index (χ1v) is 4.20. The number of para-hydroxylation sites is 1. The second-order valence-corrected chi connectivity index (χ2v) is 2.53. The first kappa shape index (κ1) is 11.8. The molecule has 1 rings (SSSR count). The zero-order valence-corrected chi connectivity index (χ0v) is 7.99. The Morgan fingerprint density at radius 2 is 1.77 bits per heavy atom. The zero-order valence-electron chi connectivity index (χ0n) is 7.99. The topological polar surface area (TPSA) is 60.7 Å². The molecule has 13 heavy (non-hydrogen) atoms. The third-order valence-electron chi connectivity index (χ3n) is 1.62. The van der Waals surface area contributed by atoms with Gasteiger partial charge in [-0.25, -0.2) is 0 Å². The third kappa shape index (κ3) is 3.34. The van der Waals surface area contributed by atoms with Gasteiger partial charge in [-0.3, -0.25) is 0 Å². The van der Waals surface area contributed by atoms with Crippen LogP contribution in [0.3, 0.4) is 0 Å². The fraction of sp³-hybridized carbons (Fsp3) is 0.400. The summed E-state index contributed by atoms with van der Waals surface area (Å²) >= 11 is 0. The van der Waals surface area contributed by atoms with Gasteiger partial charge in [0.15, 0.2) is 11.5 Å². The molecule has 0 spiro atoms. The SMILES string of the molecule is CCCc1cccc(O)c1O.CO. The van der Waals surface area contributed by atoms with E-state index in [4.69, 9.17) is 10.2 Å². The molecule has 0 atom stereocenters. The number of hydrogen-bond donors (Lipinski definition) is 3. The van der Waals surface area contributed by atoms with E-state index in [1.165, 1.54) is 6.07 Å². The van der Waals surface area contributed by atoms with E-state index in [2.05, 4.69) is 0 Å². The predicted molar refractivity (Wildman–Crippen MR) is 51.9 cm³/mol. The number of aromatic hydroxyl groups is 2. The molecule has 0 heterocycles. The fourth-order valence-electron chi connectivity index (χ4n) is 1.05. The molecule has 0 bridgehead atoms. The summed E-state index contributed by atoms with van der Waals surface area (Å²) in [6.07, 6.45) is 1.78. The first-order chi connectivity index (χ1) is 6.25. The van der Waals surface area contributed by atoms with Gasteiger partial charge < -0.3 is 15.3 Å². The lowest BCUT2D eigenvalue weighted by atomic mass is 10.1. The summed E-state index contributed by atoms with van der Waals surface area (Å²) in [6.45, 7) is 2.03. The van der Waals surface area contributed by atoms with Gasteiger partial charge in [0.1, 0.15) is 0 Å². The van der Waals surface area contributed by atoms with Gasteiger partial charge >= 0.3 is 0 Å². The van der Waals surface area contributed by atoms with Crippen molar-refractivity contribution in [2.45, 2.75) is 19.8 Å². The Balaban J connectivity index is 0.000000671. The van der Waals surface area contributed by atoms with E-state index >= 15 is 0 Å². The lowest BCUT2D eigenvalue weighted by molar-refractivity contribution is 0.399. The average Bonchev–Trinajstić information content (AvgIpc) is 2.17. The van der Waals surface area contributed by atoms with Gasteiger partial charge in [0.2, 0.25) is 0 Å². The largest absolute Gasteiger partial charge is 0.504 e. The van der Waals surface area contributed by atoms with Crippen molar-refractivity contribution >= 4 is 0 Å². The van der Waals surface area contributed by atoms with Crippen molar-refractivity contribution in [3.8, 4) is 11.5 Å². The highest BCUT2D eigenvalue weighted by Gasteiger charge is 2.02. The maximum atomic E-state index is 9.28. The van der Waals surface area contributed by atoms with Crippen molar-refractivity contribution < 1.29 is 15.3 Å². The van der Waals surface area contributed by atoms with Gasteiger partial charge in [0.05, 0.1) is 0 Å². The minimum atomic E-state index is -0.0315. The molecular weight excluding hydrogens is 168 g/mol. The predicted octanol–water partition coefficient (Wildman–Crippen LogP) is 1.66. The summed E-state index contributed by atoms with van der Waals surface area (Å²) in [4.78, 5) is 0. The number of aliphatic hydroxyl groups excluding tert-OH is 1. The van der Waals surface area contributed by atoms with Crippen LogP contribution in [0.25, 0.3) is 0 Å². The summed E-state index contributed by atoms with van der Waals surface area (Å²) in [6, 6.07) is 5.03. The molecule has 0 aromatic heterocycles. The van der Waals surface area contributed by atoms with Crippen LogP contribution < -0.4 is 0 Å². The van der Waals surface area contributed by atoms with Crippen LogP contribution in [0.2, 0.25) is 0 Å².